The molecule has 0 saturated heterocycles. The summed E-state index contributed by atoms with van der Waals surface area (Å²) >= 11 is 0. The quantitative estimate of drug-likeness (QED) is 0.480. The summed E-state index contributed by atoms with van der Waals surface area (Å²) in [7, 11) is 0. The van der Waals surface area contributed by atoms with E-state index in [4.69, 9.17) is 0 Å². The molecule has 0 fully saturated rings. The standard InChI is InChI=1S/3C9H10O/c1-7-3-4-9(6-10)5-8(7)2;1-7-3-4-9(6-10)8(2)5-7;1-7-3-4-8(2)9(5-7)6-10/h3*3-6H,1-2H3. The second-order valence-electron chi connectivity index (χ2n) is 7.42. The molecule has 156 valence electrons. The third kappa shape index (κ3) is 7.96. The van der Waals surface area contributed by atoms with Crippen LogP contribution in [-0.4, -0.2) is 18.9 Å². The van der Waals surface area contributed by atoms with Gasteiger partial charge in [0.1, 0.15) is 18.9 Å². The first-order valence-corrected chi connectivity index (χ1v) is 9.79. The Morgan fingerprint density at radius 3 is 1.53 bits per heavy atom. The van der Waals surface area contributed by atoms with Gasteiger partial charge in [-0.25, -0.2) is 0 Å². The molecular formula is C27H30O3. The lowest BCUT2D eigenvalue weighted by atomic mass is 10.1. The number of hydrogen-bond acceptors (Lipinski definition) is 3. The summed E-state index contributed by atoms with van der Waals surface area (Å²) in [5.41, 5.74) is 9.15. The van der Waals surface area contributed by atoms with Gasteiger partial charge in [-0.3, -0.25) is 14.4 Å². The fraction of sp³-hybridized carbons (Fsp3) is 0.222. The predicted molar refractivity (Wildman–Crippen MR) is 124 cm³/mol. The van der Waals surface area contributed by atoms with Crippen LogP contribution in [0.2, 0.25) is 0 Å². The minimum absolute atomic E-state index is 0.753. The van der Waals surface area contributed by atoms with E-state index < -0.39 is 0 Å². The van der Waals surface area contributed by atoms with E-state index in [-0.39, 0.29) is 0 Å². The van der Waals surface area contributed by atoms with Crippen LogP contribution in [0.25, 0.3) is 0 Å². The summed E-state index contributed by atoms with van der Waals surface area (Å²) in [4.78, 5) is 31.0. The second-order valence-corrected chi connectivity index (χ2v) is 7.42. The van der Waals surface area contributed by atoms with E-state index in [9.17, 15) is 14.4 Å². The molecule has 0 saturated carbocycles. The highest BCUT2D eigenvalue weighted by Crippen LogP contribution is 2.08. The summed E-state index contributed by atoms with van der Waals surface area (Å²) in [6, 6.07) is 17.3. The molecule has 0 amide bonds. The summed E-state index contributed by atoms with van der Waals surface area (Å²) in [6.07, 6.45) is 2.64. The van der Waals surface area contributed by atoms with Gasteiger partial charge in [0.25, 0.3) is 0 Å². The van der Waals surface area contributed by atoms with Crippen molar-refractivity contribution < 1.29 is 14.4 Å². The number of rotatable bonds is 3. The molecule has 0 atom stereocenters. The molecule has 0 heterocycles. The van der Waals surface area contributed by atoms with Crippen molar-refractivity contribution >= 4 is 18.9 Å². The second kappa shape index (κ2) is 12.3. The maximum absolute atomic E-state index is 10.4. The molecule has 0 aliphatic carbocycles. The van der Waals surface area contributed by atoms with Crippen LogP contribution in [-0.2, 0) is 0 Å². The Labute approximate surface area is 179 Å². The van der Waals surface area contributed by atoms with E-state index >= 15 is 0 Å². The average Bonchev–Trinajstić information content (AvgIpc) is 2.73. The summed E-state index contributed by atoms with van der Waals surface area (Å²) < 4.78 is 0. The monoisotopic (exact) mass is 402 g/mol. The molecule has 0 aliphatic rings. The van der Waals surface area contributed by atoms with E-state index in [2.05, 4.69) is 0 Å². The van der Waals surface area contributed by atoms with Gasteiger partial charge in [-0.1, -0.05) is 53.6 Å². The van der Waals surface area contributed by atoms with Crippen LogP contribution < -0.4 is 0 Å². The van der Waals surface area contributed by atoms with Crippen LogP contribution >= 0.6 is 0 Å². The molecule has 3 rings (SSSR count). The van der Waals surface area contributed by atoms with Gasteiger partial charge < -0.3 is 0 Å². The predicted octanol–water partition coefficient (Wildman–Crippen LogP) is 6.35. The molecule has 3 nitrogen and oxygen atoms in total. The van der Waals surface area contributed by atoms with E-state index in [1.54, 1.807) is 0 Å². The first-order valence-electron chi connectivity index (χ1n) is 9.79. The van der Waals surface area contributed by atoms with E-state index in [1.165, 1.54) is 16.7 Å². The van der Waals surface area contributed by atoms with Gasteiger partial charge in [0.2, 0.25) is 0 Å². The van der Waals surface area contributed by atoms with Crippen LogP contribution in [0, 0.1) is 41.5 Å². The SMILES string of the molecule is Cc1ccc(C)c(C=O)c1.Cc1ccc(C=O)c(C)c1.Cc1ccc(C=O)cc1C. The maximum atomic E-state index is 10.4. The Kier molecular flexibility index (Phi) is 10.1. The summed E-state index contributed by atoms with van der Waals surface area (Å²) in [5.74, 6) is 0. The minimum atomic E-state index is 0.753. The van der Waals surface area contributed by atoms with Gasteiger partial charge in [0.15, 0.2) is 0 Å². The Hall–Kier alpha value is -3.33. The number of carbonyl (C=O) groups is 3. The minimum Gasteiger partial charge on any atom is -0.298 e. The van der Waals surface area contributed by atoms with Gasteiger partial charge in [0.05, 0.1) is 0 Å². The number of benzene rings is 3. The van der Waals surface area contributed by atoms with Gasteiger partial charge in [0, 0.05) is 16.7 Å². The van der Waals surface area contributed by atoms with Gasteiger partial charge in [-0.05, 0) is 75.9 Å². The molecule has 0 aromatic heterocycles. The highest BCUT2D eigenvalue weighted by atomic mass is 16.1. The molecule has 0 unspecified atom stereocenters. The van der Waals surface area contributed by atoms with Crippen molar-refractivity contribution in [1.29, 1.82) is 0 Å². The number of carbonyl (C=O) groups excluding carboxylic acids is 3. The van der Waals surface area contributed by atoms with Gasteiger partial charge in [-0.2, -0.15) is 0 Å². The largest absolute Gasteiger partial charge is 0.298 e. The summed E-state index contributed by atoms with van der Waals surface area (Å²) in [6.45, 7) is 11.9. The first-order chi connectivity index (χ1) is 14.2. The molecular weight excluding hydrogens is 372 g/mol. The lowest BCUT2D eigenvalue weighted by molar-refractivity contribution is 0.111. The highest BCUT2D eigenvalue weighted by molar-refractivity contribution is 5.77. The van der Waals surface area contributed by atoms with Crippen LogP contribution in [0.15, 0.2) is 54.6 Å². The van der Waals surface area contributed by atoms with Crippen LogP contribution in [0.5, 0.6) is 0 Å². The van der Waals surface area contributed by atoms with Crippen molar-refractivity contribution in [3.05, 3.63) is 105 Å². The van der Waals surface area contributed by atoms with Crippen molar-refractivity contribution in [2.75, 3.05) is 0 Å². The van der Waals surface area contributed by atoms with Gasteiger partial charge in [-0.15, -0.1) is 0 Å². The first kappa shape index (κ1) is 24.7. The third-order valence-corrected chi connectivity index (χ3v) is 4.78. The lowest BCUT2D eigenvalue weighted by Crippen LogP contribution is -1.85. The van der Waals surface area contributed by atoms with Crippen molar-refractivity contribution in [1.82, 2.24) is 0 Å². The number of aldehydes is 3. The Morgan fingerprint density at radius 2 is 1.03 bits per heavy atom. The maximum Gasteiger partial charge on any atom is 0.150 e. The topological polar surface area (TPSA) is 51.2 Å². The molecule has 30 heavy (non-hydrogen) atoms. The number of aryl methyl sites for hydroxylation is 6. The molecule has 0 spiro atoms. The molecule has 0 bridgehead atoms. The van der Waals surface area contributed by atoms with Crippen molar-refractivity contribution in [3.8, 4) is 0 Å². The lowest BCUT2D eigenvalue weighted by Gasteiger charge is -1.97. The molecule has 3 heteroatoms. The van der Waals surface area contributed by atoms with Crippen LogP contribution in [0.3, 0.4) is 0 Å². The zero-order chi connectivity index (χ0) is 22.7. The normalized spacial score (nSPS) is 9.40. The van der Waals surface area contributed by atoms with Crippen molar-refractivity contribution in [2.24, 2.45) is 0 Å². The van der Waals surface area contributed by atoms with Crippen molar-refractivity contribution in [2.45, 2.75) is 41.5 Å². The molecule has 0 aliphatic heterocycles. The van der Waals surface area contributed by atoms with E-state index in [0.717, 1.165) is 52.2 Å². The molecule has 3 aromatic rings. The fourth-order valence-electron chi connectivity index (χ4n) is 2.68. The molecule has 0 radical (unpaired) electrons. The van der Waals surface area contributed by atoms with Gasteiger partial charge >= 0.3 is 0 Å². The highest BCUT2D eigenvalue weighted by Gasteiger charge is 1.95. The Bertz CT molecular complexity index is 1020. The fourth-order valence-corrected chi connectivity index (χ4v) is 2.68. The number of hydrogen-bond donors (Lipinski definition) is 0. The van der Waals surface area contributed by atoms with Crippen molar-refractivity contribution in [3.63, 3.8) is 0 Å². The zero-order valence-electron chi connectivity index (χ0n) is 18.7. The Balaban J connectivity index is 0.000000225. The van der Waals surface area contributed by atoms with E-state index in [1.807, 2.05) is 96.1 Å². The third-order valence-electron chi connectivity index (χ3n) is 4.78. The molecule has 0 N–H and O–H groups in total. The Morgan fingerprint density at radius 1 is 0.467 bits per heavy atom. The zero-order valence-corrected chi connectivity index (χ0v) is 18.7. The molecule has 3 aromatic carbocycles. The smallest absolute Gasteiger partial charge is 0.150 e. The van der Waals surface area contributed by atoms with Crippen LogP contribution in [0.1, 0.15) is 64.5 Å². The van der Waals surface area contributed by atoms with E-state index in [0.29, 0.717) is 0 Å². The average molecular weight is 403 g/mol. The summed E-state index contributed by atoms with van der Waals surface area (Å²) in [5, 5.41) is 0. The van der Waals surface area contributed by atoms with Crippen LogP contribution in [0.4, 0.5) is 0 Å².